The molecule has 0 atom stereocenters. The highest BCUT2D eigenvalue weighted by Crippen LogP contribution is 2.48. The van der Waals surface area contributed by atoms with E-state index in [0.29, 0.717) is 23.6 Å². The van der Waals surface area contributed by atoms with Crippen molar-refractivity contribution < 1.29 is 13.5 Å². The van der Waals surface area contributed by atoms with Crippen LogP contribution in [0, 0.1) is 12.3 Å². The number of hydrogen-bond donors (Lipinski definition) is 3. The molecular weight excluding hydrogens is 300 g/mol. The second-order valence-electron chi connectivity index (χ2n) is 5.44. The Morgan fingerprint density at radius 1 is 1.45 bits per heavy atom. The van der Waals surface area contributed by atoms with Gasteiger partial charge < -0.3 is 10.8 Å². The van der Waals surface area contributed by atoms with Crippen LogP contribution in [0.2, 0.25) is 5.02 Å². The molecule has 7 heteroatoms. The van der Waals surface area contributed by atoms with E-state index in [0.717, 1.165) is 12.8 Å². The maximum Gasteiger partial charge on any atom is 0.240 e. The molecule has 4 N–H and O–H groups in total. The SMILES string of the molecule is Cc1cc(S(=O)(=O)NCC2(CCO)CC2)cc(N)c1Cl. The van der Waals surface area contributed by atoms with Gasteiger partial charge in [0.15, 0.2) is 0 Å². The van der Waals surface area contributed by atoms with E-state index >= 15 is 0 Å². The molecule has 1 aromatic carbocycles. The summed E-state index contributed by atoms with van der Waals surface area (Å²) >= 11 is 5.93. The average molecular weight is 319 g/mol. The van der Waals surface area contributed by atoms with Crippen LogP contribution in [-0.4, -0.2) is 26.7 Å². The molecule has 0 spiro atoms. The number of halogens is 1. The Balaban J connectivity index is 2.15. The van der Waals surface area contributed by atoms with Gasteiger partial charge in [-0.25, -0.2) is 13.1 Å². The number of aliphatic hydroxyl groups excluding tert-OH is 1. The van der Waals surface area contributed by atoms with Crippen LogP contribution >= 0.6 is 11.6 Å². The molecule has 0 aromatic heterocycles. The van der Waals surface area contributed by atoms with E-state index in [2.05, 4.69) is 4.72 Å². The standard InChI is InChI=1S/C13H19ClN2O3S/c1-9-6-10(7-11(15)12(9)14)20(18,19)16-8-13(2-3-13)4-5-17/h6-7,16-17H,2-5,8,15H2,1H3. The molecule has 5 nitrogen and oxygen atoms in total. The largest absolute Gasteiger partial charge is 0.397 e. The van der Waals surface area contributed by atoms with Crippen LogP contribution < -0.4 is 10.5 Å². The molecule has 0 unspecified atom stereocenters. The van der Waals surface area contributed by atoms with Gasteiger partial charge in [-0.15, -0.1) is 0 Å². The lowest BCUT2D eigenvalue weighted by atomic mass is 10.0. The highest BCUT2D eigenvalue weighted by Gasteiger charge is 2.42. The van der Waals surface area contributed by atoms with Gasteiger partial charge in [0.1, 0.15) is 0 Å². The lowest BCUT2D eigenvalue weighted by molar-refractivity contribution is 0.249. The summed E-state index contributed by atoms with van der Waals surface area (Å²) in [4.78, 5) is 0.122. The number of anilines is 1. The monoisotopic (exact) mass is 318 g/mol. The zero-order valence-corrected chi connectivity index (χ0v) is 12.9. The minimum atomic E-state index is -3.60. The number of hydrogen-bond acceptors (Lipinski definition) is 4. The van der Waals surface area contributed by atoms with Gasteiger partial charge in [-0.1, -0.05) is 11.6 Å². The number of aryl methyl sites for hydroxylation is 1. The van der Waals surface area contributed by atoms with Gasteiger partial charge in [-0.05, 0) is 49.3 Å². The van der Waals surface area contributed by atoms with Crippen LogP contribution in [0.15, 0.2) is 17.0 Å². The predicted octanol–water partition coefficient (Wildman–Crippen LogP) is 1.67. The maximum atomic E-state index is 12.3. The highest BCUT2D eigenvalue weighted by molar-refractivity contribution is 7.89. The normalized spacial score (nSPS) is 17.1. The Hall–Kier alpha value is -0.820. The lowest BCUT2D eigenvalue weighted by Crippen LogP contribution is -2.31. The summed E-state index contributed by atoms with van der Waals surface area (Å²) < 4.78 is 27.1. The molecule has 20 heavy (non-hydrogen) atoms. The fraction of sp³-hybridized carbons (Fsp3) is 0.538. The van der Waals surface area contributed by atoms with Crippen LogP contribution in [0.5, 0.6) is 0 Å². The van der Waals surface area contributed by atoms with E-state index in [4.69, 9.17) is 22.4 Å². The molecular formula is C13H19ClN2O3S. The number of aliphatic hydroxyl groups is 1. The molecule has 2 rings (SSSR count). The third-order valence-corrected chi connectivity index (χ3v) is 5.70. The molecule has 0 radical (unpaired) electrons. The van der Waals surface area contributed by atoms with Crippen LogP contribution in [-0.2, 0) is 10.0 Å². The summed E-state index contributed by atoms with van der Waals surface area (Å²) in [6, 6.07) is 2.87. The number of sulfonamides is 1. The summed E-state index contributed by atoms with van der Waals surface area (Å²) in [5, 5.41) is 9.36. The molecule has 1 saturated carbocycles. The summed E-state index contributed by atoms with van der Waals surface area (Å²) in [6.07, 6.45) is 2.51. The van der Waals surface area contributed by atoms with E-state index in [1.54, 1.807) is 6.92 Å². The van der Waals surface area contributed by atoms with Gasteiger partial charge in [-0.2, -0.15) is 0 Å². The first kappa shape index (κ1) is 15.6. The van der Waals surface area contributed by atoms with E-state index in [9.17, 15) is 8.42 Å². The van der Waals surface area contributed by atoms with E-state index in [-0.39, 0.29) is 22.6 Å². The lowest BCUT2D eigenvalue weighted by Gasteiger charge is -2.15. The van der Waals surface area contributed by atoms with Crippen molar-refractivity contribution in [1.82, 2.24) is 4.72 Å². The van der Waals surface area contributed by atoms with Crippen molar-refractivity contribution in [2.45, 2.75) is 31.1 Å². The third kappa shape index (κ3) is 3.25. The van der Waals surface area contributed by atoms with E-state index in [1.165, 1.54) is 12.1 Å². The van der Waals surface area contributed by atoms with Crippen LogP contribution in [0.1, 0.15) is 24.8 Å². The zero-order valence-electron chi connectivity index (χ0n) is 11.3. The Morgan fingerprint density at radius 2 is 2.10 bits per heavy atom. The number of nitrogens with two attached hydrogens (primary N) is 1. The van der Waals surface area contributed by atoms with Gasteiger partial charge in [0.2, 0.25) is 10.0 Å². The molecule has 0 heterocycles. The molecule has 1 aromatic rings. The fourth-order valence-corrected chi connectivity index (χ4v) is 3.56. The average Bonchev–Trinajstić information content (AvgIpc) is 3.14. The van der Waals surface area contributed by atoms with Gasteiger partial charge in [-0.3, -0.25) is 0 Å². The van der Waals surface area contributed by atoms with Gasteiger partial charge >= 0.3 is 0 Å². The van der Waals surface area contributed by atoms with Crippen molar-refractivity contribution >= 4 is 27.3 Å². The molecule has 0 bridgehead atoms. The first-order valence-electron chi connectivity index (χ1n) is 6.46. The first-order valence-corrected chi connectivity index (χ1v) is 8.32. The predicted molar refractivity (Wildman–Crippen MR) is 79.2 cm³/mol. The topological polar surface area (TPSA) is 92.4 Å². The second kappa shape index (κ2) is 5.52. The second-order valence-corrected chi connectivity index (χ2v) is 7.59. The van der Waals surface area contributed by atoms with Crippen molar-refractivity contribution in [2.24, 2.45) is 5.41 Å². The van der Waals surface area contributed by atoms with Crippen molar-refractivity contribution in [3.8, 4) is 0 Å². The van der Waals surface area contributed by atoms with Crippen LogP contribution in [0.3, 0.4) is 0 Å². The van der Waals surface area contributed by atoms with E-state index < -0.39 is 10.0 Å². The van der Waals surface area contributed by atoms with Crippen LogP contribution in [0.25, 0.3) is 0 Å². The summed E-state index contributed by atoms with van der Waals surface area (Å²) in [6.45, 7) is 2.14. The number of nitrogens with one attached hydrogen (secondary N) is 1. The molecule has 1 aliphatic rings. The van der Waals surface area contributed by atoms with Crippen LogP contribution in [0.4, 0.5) is 5.69 Å². The van der Waals surface area contributed by atoms with Gasteiger partial charge in [0, 0.05) is 13.2 Å². The smallest absolute Gasteiger partial charge is 0.240 e. The van der Waals surface area contributed by atoms with Crippen molar-refractivity contribution in [3.05, 3.63) is 22.7 Å². The highest BCUT2D eigenvalue weighted by atomic mass is 35.5. The van der Waals surface area contributed by atoms with Gasteiger partial charge in [0.25, 0.3) is 0 Å². The summed E-state index contributed by atoms with van der Waals surface area (Å²) in [7, 11) is -3.60. The Labute approximate surface area is 124 Å². The maximum absolute atomic E-state index is 12.3. The summed E-state index contributed by atoms with van der Waals surface area (Å²) in [5.41, 5.74) is 6.51. The number of benzene rings is 1. The molecule has 112 valence electrons. The third-order valence-electron chi connectivity index (χ3n) is 3.80. The molecule has 0 amide bonds. The summed E-state index contributed by atoms with van der Waals surface area (Å²) in [5.74, 6) is 0. The fourth-order valence-electron chi connectivity index (χ4n) is 2.18. The Morgan fingerprint density at radius 3 is 2.60 bits per heavy atom. The number of nitrogen functional groups attached to an aromatic ring is 1. The molecule has 1 fully saturated rings. The van der Waals surface area contributed by atoms with E-state index in [1.807, 2.05) is 0 Å². The van der Waals surface area contributed by atoms with Crippen molar-refractivity contribution in [2.75, 3.05) is 18.9 Å². The Bertz CT molecular complexity index is 589. The van der Waals surface area contributed by atoms with Gasteiger partial charge in [0.05, 0.1) is 15.6 Å². The van der Waals surface area contributed by atoms with Crippen molar-refractivity contribution in [3.63, 3.8) is 0 Å². The zero-order chi connectivity index (χ0) is 15.0. The molecule has 0 saturated heterocycles. The minimum Gasteiger partial charge on any atom is -0.397 e. The van der Waals surface area contributed by atoms with Crippen molar-refractivity contribution in [1.29, 1.82) is 0 Å². The first-order chi connectivity index (χ1) is 9.30. The minimum absolute atomic E-state index is 0.0746. The Kier molecular flexibility index (Phi) is 4.30. The number of rotatable bonds is 6. The quantitative estimate of drug-likeness (QED) is 0.696. The molecule has 0 aliphatic heterocycles. The molecule has 1 aliphatic carbocycles.